The summed E-state index contributed by atoms with van der Waals surface area (Å²) in [5.74, 6) is -1.34. The number of rotatable bonds is 5. The zero-order valence-electron chi connectivity index (χ0n) is 9.63. The first-order valence-corrected chi connectivity index (χ1v) is 5.47. The molecule has 5 N–H and O–H groups in total. The van der Waals surface area contributed by atoms with Crippen LogP contribution >= 0.6 is 11.6 Å². The van der Waals surface area contributed by atoms with E-state index >= 15 is 0 Å². The predicted octanol–water partition coefficient (Wildman–Crippen LogP) is 0.389. The van der Waals surface area contributed by atoms with E-state index in [1.807, 2.05) is 0 Å². The van der Waals surface area contributed by atoms with E-state index in [9.17, 15) is 19.7 Å². The highest BCUT2D eigenvalue weighted by atomic mass is 35.5. The smallest absolute Gasteiger partial charge is 0.288 e. The summed E-state index contributed by atoms with van der Waals surface area (Å²) in [7, 11) is 0. The van der Waals surface area contributed by atoms with E-state index in [1.165, 1.54) is 12.1 Å². The van der Waals surface area contributed by atoms with Crippen LogP contribution in [0.1, 0.15) is 6.42 Å². The molecule has 1 aromatic rings. The molecule has 0 bridgehead atoms. The van der Waals surface area contributed by atoms with Crippen molar-refractivity contribution in [1.29, 1.82) is 0 Å². The molecule has 8 nitrogen and oxygen atoms in total. The molecule has 19 heavy (non-hydrogen) atoms. The molecule has 0 spiro atoms. The van der Waals surface area contributed by atoms with Crippen molar-refractivity contribution in [1.82, 2.24) is 0 Å². The van der Waals surface area contributed by atoms with E-state index < -0.39 is 22.8 Å². The van der Waals surface area contributed by atoms with E-state index in [2.05, 4.69) is 5.32 Å². The fourth-order valence-electron chi connectivity index (χ4n) is 1.28. The number of nitrogens with one attached hydrogen (secondary N) is 1. The summed E-state index contributed by atoms with van der Waals surface area (Å²) in [4.78, 5) is 32.1. The van der Waals surface area contributed by atoms with Crippen molar-refractivity contribution in [3.05, 3.63) is 33.3 Å². The lowest BCUT2D eigenvalue weighted by molar-refractivity contribution is -0.384. The van der Waals surface area contributed by atoms with Crippen LogP contribution in [0.5, 0.6) is 0 Å². The Kier molecular flexibility index (Phi) is 4.79. The number of amides is 2. The van der Waals surface area contributed by atoms with Crippen LogP contribution in [0.25, 0.3) is 0 Å². The maximum absolute atomic E-state index is 11.6. The number of carbonyl (C=O) groups is 2. The minimum atomic E-state index is -1.09. The Morgan fingerprint density at radius 2 is 2.11 bits per heavy atom. The molecular formula is C10H11ClN4O4. The van der Waals surface area contributed by atoms with Crippen molar-refractivity contribution in [2.45, 2.75) is 12.5 Å². The molecule has 0 aliphatic rings. The molecule has 0 aliphatic heterocycles. The van der Waals surface area contributed by atoms with Gasteiger partial charge in [-0.05, 0) is 12.1 Å². The van der Waals surface area contributed by atoms with E-state index in [4.69, 9.17) is 23.1 Å². The number of nitrogens with zero attached hydrogens (tertiary/aromatic N) is 1. The number of nitro groups is 1. The molecule has 2 amide bonds. The van der Waals surface area contributed by atoms with Gasteiger partial charge >= 0.3 is 0 Å². The summed E-state index contributed by atoms with van der Waals surface area (Å²) in [6, 6.07) is 2.58. The molecule has 1 unspecified atom stereocenters. The van der Waals surface area contributed by atoms with E-state index in [-0.39, 0.29) is 22.8 Å². The molecule has 1 atom stereocenters. The Balaban J connectivity index is 2.78. The molecule has 1 rings (SSSR count). The van der Waals surface area contributed by atoms with Gasteiger partial charge in [0.2, 0.25) is 11.8 Å². The maximum Gasteiger partial charge on any atom is 0.288 e. The van der Waals surface area contributed by atoms with Gasteiger partial charge in [-0.25, -0.2) is 0 Å². The average Bonchev–Trinajstić information content (AvgIpc) is 2.27. The van der Waals surface area contributed by atoms with Gasteiger partial charge in [-0.1, -0.05) is 11.6 Å². The van der Waals surface area contributed by atoms with Crippen LogP contribution in [0.4, 0.5) is 11.4 Å². The Hall–Kier alpha value is -2.19. The first kappa shape index (κ1) is 14.9. The lowest BCUT2D eigenvalue weighted by atomic mass is 10.2. The zero-order chi connectivity index (χ0) is 14.6. The van der Waals surface area contributed by atoms with Gasteiger partial charge in [0.15, 0.2) is 0 Å². The van der Waals surface area contributed by atoms with Gasteiger partial charge in [-0.3, -0.25) is 19.7 Å². The fourth-order valence-corrected chi connectivity index (χ4v) is 1.53. The standard InChI is InChI=1S/C10H11ClN4O4/c11-6-3-5(1-2-8(6)15(18)19)14-10(17)7(12)4-9(13)16/h1-3,7H,4,12H2,(H2,13,16)(H,14,17). The lowest BCUT2D eigenvalue weighted by Crippen LogP contribution is -2.38. The van der Waals surface area contributed by atoms with Crippen LogP contribution in [0.15, 0.2) is 18.2 Å². The Labute approximate surface area is 112 Å². The third kappa shape index (κ3) is 4.19. The van der Waals surface area contributed by atoms with Crippen LogP contribution < -0.4 is 16.8 Å². The normalized spacial score (nSPS) is 11.7. The molecule has 0 heterocycles. The second kappa shape index (κ2) is 6.12. The van der Waals surface area contributed by atoms with E-state index in [0.717, 1.165) is 6.07 Å². The largest absolute Gasteiger partial charge is 0.370 e. The molecule has 1 aromatic carbocycles. The van der Waals surface area contributed by atoms with Crippen molar-refractivity contribution in [3.63, 3.8) is 0 Å². The van der Waals surface area contributed by atoms with Gasteiger partial charge in [-0.15, -0.1) is 0 Å². The third-order valence-electron chi connectivity index (χ3n) is 2.17. The number of primary amides is 1. The van der Waals surface area contributed by atoms with Crippen molar-refractivity contribution < 1.29 is 14.5 Å². The summed E-state index contributed by atoms with van der Waals surface area (Å²) in [5.41, 5.74) is 10.3. The number of halogens is 1. The topological polar surface area (TPSA) is 141 Å². The molecule has 9 heteroatoms. The van der Waals surface area contributed by atoms with Gasteiger partial charge < -0.3 is 16.8 Å². The number of anilines is 1. The second-order valence-electron chi connectivity index (χ2n) is 3.69. The third-order valence-corrected chi connectivity index (χ3v) is 2.47. The lowest BCUT2D eigenvalue weighted by Gasteiger charge is -2.10. The number of benzene rings is 1. The molecular weight excluding hydrogens is 276 g/mol. The minimum absolute atomic E-state index is 0.119. The highest BCUT2D eigenvalue weighted by Gasteiger charge is 2.18. The average molecular weight is 287 g/mol. The molecule has 0 saturated carbocycles. The van der Waals surface area contributed by atoms with E-state index in [0.29, 0.717) is 0 Å². The van der Waals surface area contributed by atoms with Crippen LogP contribution in [0.3, 0.4) is 0 Å². The predicted molar refractivity (Wildman–Crippen MR) is 68.5 cm³/mol. The van der Waals surface area contributed by atoms with Gasteiger partial charge in [-0.2, -0.15) is 0 Å². The molecule has 0 fully saturated rings. The molecule has 0 aromatic heterocycles. The highest BCUT2D eigenvalue weighted by molar-refractivity contribution is 6.33. The zero-order valence-corrected chi connectivity index (χ0v) is 10.4. The number of carbonyl (C=O) groups excluding carboxylic acids is 2. The van der Waals surface area contributed by atoms with Crippen molar-refractivity contribution in [3.8, 4) is 0 Å². The second-order valence-corrected chi connectivity index (χ2v) is 4.10. The Morgan fingerprint density at radius 1 is 1.47 bits per heavy atom. The summed E-state index contributed by atoms with van der Waals surface area (Å²) in [5, 5.41) is 12.8. The number of hydrogen-bond acceptors (Lipinski definition) is 5. The van der Waals surface area contributed by atoms with Crippen LogP contribution in [-0.2, 0) is 9.59 Å². The van der Waals surface area contributed by atoms with Crippen LogP contribution in [0.2, 0.25) is 5.02 Å². The molecule has 0 saturated heterocycles. The number of nitro benzene ring substituents is 1. The minimum Gasteiger partial charge on any atom is -0.370 e. The summed E-state index contributed by atoms with van der Waals surface area (Å²) in [6.07, 6.45) is -0.299. The molecule has 0 aliphatic carbocycles. The SMILES string of the molecule is NC(=O)CC(N)C(=O)Nc1ccc([N+](=O)[O-])c(Cl)c1. The first-order valence-electron chi connectivity index (χ1n) is 5.10. The molecule has 0 radical (unpaired) electrons. The molecule has 102 valence electrons. The summed E-state index contributed by atoms with van der Waals surface area (Å²) >= 11 is 5.67. The van der Waals surface area contributed by atoms with Crippen molar-refractivity contribution in [2.24, 2.45) is 11.5 Å². The van der Waals surface area contributed by atoms with Crippen LogP contribution in [-0.4, -0.2) is 22.8 Å². The van der Waals surface area contributed by atoms with Gasteiger partial charge in [0, 0.05) is 11.8 Å². The van der Waals surface area contributed by atoms with Gasteiger partial charge in [0.25, 0.3) is 5.69 Å². The number of hydrogen-bond donors (Lipinski definition) is 3. The first-order chi connectivity index (χ1) is 8.81. The quantitative estimate of drug-likeness (QED) is 0.530. The number of nitrogens with two attached hydrogens (primary N) is 2. The monoisotopic (exact) mass is 286 g/mol. The van der Waals surface area contributed by atoms with Crippen molar-refractivity contribution in [2.75, 3.05) is 5.32 Å². The summed E-state index contributed by atoms with van der Waals surface area (Å²) in [6.45, 7) is 0. The highest BCUT2D eigenvalue weighted by Crippen LogP contribution is 2.27. The van der Waals surface area contributed by atoms with Gasteiger partial charge in [0.1, 0.15) is 5.02 Å². The van der Waals surface area contributed by atoms with Crippen LogP contribution in [0, 0.1) is 10.1 Å². The summed E-state index contributed by atoms with van der Waals surface area (Å²) < 4.78 is 0. The Bertz CT molecular complexity index is 534. The fraction of sp³-hybridized carbons (Fsp3) is 0.200. The maximum atomic E-state index is 11.6. The Morgan fingerprint density at radius 3 is 2.58 bits per heavy atom. The van der Waals surface area contributed by atoms with Crippen molar-refractivity contribution >= 4 is 34.8 Å². The van der Waals surface area contributed by atoms with Gasteiger partial charge in [0.05, 0.1) is 17.4 Å². The van der Waals surface area contributed by atoms with E-state index in [1.54, 1.807) is 0 Å².